The van der Waals surface area contributed by atoms with E-state index in [1.165, 1.54) is 0 Å². The number of likely N-dealkylation sites (tertiary alicyclic amines) is 1. The lowest BCUT2D eigenvalue weighted by molar-refractivity contribution is -0.141. The molecule has 0 N–H and O–H groups in total. The Labute approximate surface area is 95.4 Å². The Morgan fingerprint density at radius 2 is 2.12 bits per heavy atom. The molecule has 1 aliphatic rings. The van der Waals surface area contributed by atoms with Crippen molar-refractivity contribution in [3.05, 3.63) is 12.4 Å². The summed E-state index contributed by atoms with van der Waals surface area (Å²) >= 11 is 0. The second-order valence-corrected chi connectivity index (χ2v) is 4.29. The van der Waals surface area contributed by atoms with Crippen LogP contribution in [0.3, 0.4) is 0 Å². The number of carbonyl (C=O) groups excluding carboxylic acids is 1. The Morgan fingerprint density at radius 1 is 1.44 bits per heavy atom. The number of hydrogen-bond acceptors (Lipinski definition) is 3. The molecule has 0 bridgehead atoms. The van der Waals surface area contributed by atoms with Gasteiger partial charge in [0, 0.05) is 25.2 Å². The first-order chi connectivity index (χ1) is 7.76. The van der Waals surface area contributed by atoms with Gasteiger partial charge in [0.15, 0.2) is 0 Å². The van der Waals surface area contributed by atoms with Gasteiger partial charge in [0.1, 0.15) is 0 Å². The Hall–Kier alpha value is -1.39. The Balaban J connectivity index is 1.86. The quantitative estimate of drug-likeness (QED) is 0.766. The smallest absolute Gasteiger partial charge is 0.225 e. The van der Waals surface area contributed by atoms with Crippen LogP contribution in [0.5, 0.6) is 0 Å². The molecule has 0 aliphatic carbocycles. The van der Waals surface area contributed by atoms with Crippen LogP contribution in [0.15, 0.2) is 12.4 Å². The molecule has 0 atom stereocenters. The topological polar surface area (TPSA) is 51.0 Å². The number of carbonyl (C=O) groups is 1. The minimum atomic E-state index is 0.191. The van der Waals surface area contributed by atoms with Gasteiger partial charge in [0.2, 0.25) is 5.91 Å². The minimum absolute atomic E-state index is 0.191. The third kappa shape index (κ3) is 1.94. The third-order valence-electron chi connectivity index (χ3n) is 3.32. The molecule has 2 rings (SSSR count). The van der Waals surface area contributed by atoms with Crippen LogP contribution in [-0.4, -0.2) is 38.9 Å². The van der Waals surface area contributed by atoms with Gasteiger partial charge in [-0.25, -0.2) is 4.68 Å². The molecule has 1 amide bonds. The normalized spacial score (nSPS) is 16.6. The molecular formula is C11H18N4O. The molecule has 0 unspecified atom stereocenters. The fourth-order valence-electron chi connectivity index (χ4n) is 2.11. The fourth-order valence-corrected chi connectivity index (χ4v) is 2.11. The first-order valence-electron chi connectivity index (χ1n) is 5.90. The number of rotatable bonds is 4. The summed E-state index contributed by atoms with van der Waals surface area (Å²) in [6.07, 6.45) is 5.38. The van der Waals surface area contributed by atoms with E-state index in [4.69, 9.17) is 0 Å². The molecule has 1 aromatic heterocycles. The molecule has 5 nitrogen and oxygen atoms in total. The molecule has 16 heavy (non-hydrogen) atoms. The van der Waals surface area contributed by atoms with Crippen LogP contribution in [0.4, 0.5) is 0 Å². The van der Waals surface area contributed by atoms with Gasteiger partial charge in [-0.3, -0.25) is 4.79 Å². The van der Waals surface area contributed by atoms with Crippen LogP contribution >= 0.6 is 0 Å². The SMILES string of the molecule is CCC(CC)C(=O)N1CC(n2ccnn2)C1. The van der Waals surface area contributed by atoms with E-state index in [-0.39, 0.29) is 5.92 Å². The molecule has 1 aromatic rings. The van der Waals surface area contributed by atoms with Gasteiger partial charge in [-0.05, 0) is 12.8 Å². The maximum Gasteiger partial charge on any atom is 0.225 e. The Kier molecular flexibility index (Phi) is 3.22. The second kappa shape index (κ2) is 4.63. The van der Waals surface area contributed by atoms with Crippen molar-refractivity contribution in [2.45, 2.75) is 32.7 Å². The highest BCUT2D eigenvalue weighted by Gasteiger charge is 2.34. The first kappa shape index (κ1) is 11.1. The largest absolute Gasteiger partial charge is 0.338 e. The predicted octanol–water partition coefficient (Wildman–Crippen LogP) is 1.10. The van der Waals surface area contributed by atoms with E-state index in [1.807, 2.05) is 15.8 Å². The van der Waals surface area contributed by atoms with Crippen molar-refractivity contribution in [3.8, 4) is 0 Å². The molecule has 2 heterocycles. The van der Waals surface area contributed by atoms with E-state index >= 15 is 0 Å². The van der Waals surface area contributed by atoms with Crippen molar-refractivity contribution < 1.29 is 4.79 Å². The lowest BCUT2D eigenvalue weighted by Gasteiger charge is -2.40. The van der Waals surface area contributed by atoms with Crippen molar-refractivity contribution in [3.63, 3.8) is 0 Å². The average Bonchev–Trinajstić information content (AvgIpc) is 2.70. The summed E-state index contributed by atoms with van der Waals surface area (Å²) in [5.41, 5.74) is 0. The summed E-state index contributed by atoms with van der Waals surface area (Å²) in [5, 5.41) is 7.72. The lowest BCUT2D eigenvalue weighted by atomic mass is 9.98. The first-order valence-corrected chi connectivity index (χ1v) is 5.90. The van der Waals surface area contributed by atoms with Crippen molar-refractivity contribution in [2.75, 3.05) is 13.1 Å². The zero-order valence-electron chi connectivity index (χ0n) is 9.83. The maximum absolute atomic E-state index is 12.0. The summed E-state index contributed by atoms with van der Waals surface area (Å²) in [5.74, 6) is 0.484. The number of nitrogens with zero attached hydrogens (tertiary/aromatic N) is 4. The summed E-state index contributed by atoms with van der Waals surface area (Å²) < 4.78 is 1.83. The van der Waals surface area contributed by atoms with Crippen molar-refractivity contribution in [1.82, 2.24) is 19.9 Å². The van der Waals surface area contributed by atoms with Crippen LogP contribution in [0.2, 0.25) is 0 Å². The van der Waals surface area contributed by atoms with Crippen molar-refractivity contribution >= 4 is 5.91 Å². The summed E-state index contributed by atoms with van der Waals surface area (Å²) in [4.78, 5) is 13.9. The Bertz CT molecular complexity index is 339. The van der Waals surface area contributed by atoms with Crippen LogP contribution < -0.4 is 0 Å². The van der Waals surface area contributed by atoms with Gasteiger partial charge >= 0.3 is 0 Å². The molecule has 0 saturated carbocycles. The van der Waals surface area contributed by atoms with Gasteiger partial charge < -0.3 is 4.90 Å². The van der Waals surface area contributed by atoms with E-state index in [2.05, 4.69) is 24.2 Å². The summed E-state index contributed by atoms with van der Waals surface area (Å²) in [6, 6.07) is 0.320. The van der Waals surface area contributed by atoms with Gasteiger partial charge in [-0.1, -0.05) is 19.1 Å². The van der Waals surface area contributed by atoms with E-state index in [0.717, 1.165) is 25.9 Å². The van der Waals surface area contributed by atoms with Crippen molar-refractivity contribution in [2.24, 2.45) is 5.92 Å². The fraction of sp³-hybridized carbons (Fsp3) is 0.727. The maximum atomic E-state index is 12.0. The zero-order chi connectivity index (χ0) is 11.5. The van der Waals surface area contributed by atoms with Gasteiger partial charge in [-0.15, -0.1) is 5.10 Å². The van der Waals surface area contributed by atoms with E-state index in [9.17, 15) is 4.79 Å². The lowest BCUT2D eigenvalue weighted by Crippen LogP contribution is -2.52. The van der Waals surface area contributed by atoms with Gasteiger partial charge in [0.05, 0.1) is 12.2 Å². The molecule has 5 heteroatoms. The predicted molar refractivity (Wildman–Crippen MR) is 59.7 cm³/mol. The van der Waals surface area contributed by atoms with E-state index in [1.54, 1.807) is 6.20 Å². The Morgan fingerprint density at radius 3 is 2.62 bits per heavy atom. The molecule has 1 saturated heterocycles. The standard InChI is InChI=1S/C11H18N4O/c1-3-9(4-2)11(16)14-7-10(8-14)15-6-5-12-13-15/h5-6,9-10H,3-4,7-8H2,1-2H3. The van der Waals surface area contributed by atoms with Gasteiger partial charge in [0.25, 0.3) is 0 Å². The summed E-state index contributed by atoms with van der Waals surface area (Å²) in [7, 11) is 0. The van der Waals surface area contributed by atoms with E-state index in [0.29, 0.717) is 11.9 Å². The minimum Gasteiger partial charge on any atom is -0.338 e. The molecule has 1 aliphatic heterocycles. The summed E-state index contributed by atoms with van der Waals surface area (Å²) in [6.45, 7) is 5.69. The van der Waals surface area contributed by atoms with Crippen LogP contribution in [0, 0.1) is 5.92 Å². The number of amides is 1. The van der Waals surface area contributed by atoms with Gasteiger partial charge in [-0.2, -0.15) is 0 Å². The van der Waals surface area contributed by atoms with Crippen LogP contribution in [0.25, 0.3) is 0 Å². The second-order valence-electron chi connectivity index (χ2n) is 4.29. The molecule has 0 aromatic carbocycles. The van der Waals surface area contributed by atoms with Crippen LogP contribution in [0.1, 0.15) is 32.7 Å². The molecule has 88 valence electrons. The third-order valence-corrected chi connectivity index (χ3v) is 3.32. The van der Waals surface area contributed by atoms with Crippen LogP contribution in [-0.2, 0) is 4.79 Å². The highest BCUT2D eigenvalue weighted by atomic mass is 16.2. The number of aromatic nitrogens is 3. The molecule has 0 spiro atoms. The van der Waals surface area contributed by atoms with Crippen molar-refractivity contribution in [1.29, 1.82) is 0 Å². The highest BCUT2D eigenvalue weighted by molar-refractivity contribution is 5.79. The number of hydrogen-bond donors (Lipinski definition) is 0. The molecule has 1 fully saturated rings. The van der Waals surface area contributed by atoms with E-state index < -0.39 is 0 Å². The highest BCUT2D eigenvalue weighted by Crippen LogP contribution is 2.23. The molecule has 0 radical (unpaired) electrons. The average molecular weight is 222 g/mol. The monoisotopic (exact) mass is 222 g/mol. The zero-order valence-corrected chi connectivity index (χ0v) is 9.83. The molecular weight excluding hydrogens is 204 g/mol.